The lowest BCUT2D eigenvalue weighted by Crippen LogP contribution is -2.40. The SMILES string of the molecule is O=C(OCc1ccccc1)[C@@H]1C[C@H](CC2CCOCC2)CN1C(=O)O. The number of ether oxygens (including phenoxy) is 2. The Bertz CT molecular complexity index is 585. The summed E-state index contributed by atoms with van der Waals surface area (Å²) in [5, 5.41) is 9.44. The summed E-state index contributed by atoms with van der Waals surface area (Å²) in [6.07, 6.45) is 2.50. The molecule has 1 N–H and O–H groups in total. The number of rotatable bonds is 5. The Morgan fingerprint density at radius 1 is 1.16 bits per heavy atom. The molecule has 2 aliphatic rings. The fourth-order valence-corrected chi connectivity index (χ4v) is 3.81. The Kier molecular flexibility index (Phi) is 5.91. The van der Waals surface area contributed by atoms with E-state index in [1.54, 1.807) is 0 Å². The summed E-state index contributed by atoms with van der Waals surface area (Å²) in [6.45, 7) is 2.15. The van der Waals surface area contributed by atoms with Gasteiger partial charge in [0.25, 0.3) is 0 Å². The largest absolute Gasteiger partial charge is 0.465 e. The van der Waals surface area contributed by atoms with E-state index in [0.717, 1.165) is 38.0 Å². The van der Waals surface area contributed by atoms with Gasteiger partial charge in [0.1, 0.15) is 12.6 Å². The minimum Gasteiger partial charge on any atom is -0.465 e. The number of hydrogen-bond donors (Lipinski definition) is 1. The first-order valence-corrected chi connectivity index (χ1v) is 8.91. The fourth-order valence-electron chi connectivity index (χ4n) is 3.81. The first-order chi connectivity index (χ1) is 12.1. The van der Waals surface area contributed by atoms with Gasteiger partial charge < -0.3 is 14.6 Å². The van der Waals surface area contributed by atoms with Crippen LogP contribution in [0.15, 0.2) is 30.3 Å². The summed E-state index contributed by atoms with van der Waals surface area (Å²) in [5.74, 6) is 0.336. The fraction of sp³-hybridized carbons (Fsp3) is 0.579. The molecule has 0 unspecified atom stereocenters. The average Bonchev–Trinajstić information content (AvgIpc) is 3.06. The van der Waals surface area contributed by atoms with E-state index in [1.165, 1.54) is 4.90 Å². The highest BCUT2D eigenvalue weighted by Gasteiger charge is 2.41. The van der Waals surface area contributed by atoms with E-state index < -0.39 is 18.1 Å². The lowest BCUT2D eigenvalue weighted by atomic mass is 9.88. The summed E-state index contributed by atoms with van der Waals surface area (Å²) in [5.41, 5.74) is 0.898. The van der Waals surface area contributed by atoms with E-state index in [9.17, 15) is 14.7 Å². The molecule has 6 nitrogen and oxygen atoms in total. The van der Waals surface area contributed by atoms with Gasteiger partial charge in [-0.25, -0.2) is 9.59 Å². The molecule has 2 heterocycles. The summed E-state index contributed by atoms with van der Waals surface area (Å²) in [6, 6.07) is 8.73. The van der Waals surface area contributed by atoms with Crippen molar-refractivity contribution in [2.45, 2.75) is 38.3 Å². The van der Waals surface area contributed by atoms with Gasteiger partial charge in [0.05, 0.1) is 0 Å². The smallest absolute Gasteiger partial charge is 0.408 e. The first kappa shape index (κ1) is 17.7. The summed E-state index contributed by atoms with van der Waals surface area (Å²) in [7, 11) is 0. The monoisotopic (exact) mass is 347 g/mol. The van der Waals surface area contributed by atoms with Crippen molar-refractivity contribution < 1.29 is 24.2 Å². The summed E-state index contributed by atoms with van der Waals surface area (Å²) < 4.78 is 10.7. The highest BCUT2D eigenvalue weighted by Crippen LogP contribution is 2.32. The van der Waals surface area contributed by atoms with Crippen LogP contribution in [-0.4, -0.2) is 47.9 Å². The Balaban J connectivity index is 1.56. The van der Waals surface area contributed by atoms with Crippen LogP contribution >= 0.6 is 0 Å². The number of hydrogen-bond acceptors (Lipinski definition) is 4. The quantitative estimate of drug-likeness (QED) is 0.829. The van der Waals surface area contributed by atoms with Gasteiger partial charge in [0, 0.05) is 19.8 Å². The molecule has 1 aromatic carbocycles. The van der Waals surface area contributed by atoms with Gasteiger partial charge in [0.15, 0.2) is 0 Å². The van der Waals surface area contributed by atoms with Crippen molar-refractivity contribution in [1.29, 1.82) is 0 Å². The third kappa shape index (κ3) is 4.72. The molecular weight excluding hydrogens is 322 g/mol. The Morgan fingerprint density at radius 3 is 2.56 bits per heavy atom. The molecule has 2 fully saturated rings. The topological polar surface area (TPSA) is 76.1 Å². The third-order valence-corrected chi connectivity index (χ3v) is 5.14. The van der Waals surface area contributed by atoms with Crippen LogP contribution in [0.3, 0.4) is 0 Å². The van der Waals surface area contributed by atoms with Gasteiger partial charge in [-0.05, 0) is 43.1 Å². The molecule has 2 atom stereocenters. The normalized spacial score (nSPS) is 24.2. The lowest BCUT2D eigenvalue weighted by molar-refractivity contribution is -0.149. The summed E-state index contributed by atoms with van der Waals surface area (Å²) in [4.78, 5) is 25.2. The van der Waals surface area contributed by atoms with Crippen LogP contribution in [0.2, 0.25) is 0 Å². The van der Waals surface area contributed by atoms with Crippen LogP contribution < -0.4 is 0 Å². The maximum absolute atomic E-state index is 12.4. The van der Waals surface area contributed by atoms with Crippen molar-refractivity contribution in [1.82, 2.24) is 4.90 Å². The predicted octanol–water partition coefficient (Wildman–Crippen LogP) is 2.92. The van der Waals surface area contributed by atoms with Crippen molar-refractivity contribution >= 4 is 12.1 Å². The molecule has 6 heteroatoms. The molecular formula is C19H25NO5. The molecule has 0 aromatic heterocycles. The second-order valence-corrected chi connectivity index (χ2v) is 6.94. The zero-order valence-corrected chi connectivity index (χ0v) is 14.3. The van der Waals surface area contributed by atoms with E-state index in [-0.39, 0.29) is 12.5 Å². The number of likely N-dealkylation sites (tertiary alicyclic amines) is 1. The molecule has 0 spiro atoms. The van der Waals surface area contributed by atoms with Crippen LogP contribution in [-0.2, 0) is 20.9 Å². The average molecular weight is 347 g/mol. The van der Waals surface area contributed by atoms with E-state index in [4.69, 9.17) is 9.47 Å². The van der Waals surface area contributed by atoms with Gasteiger partial charge in [-0.1, -0.05) is 30.3 Å². The number of carbonyl (C=O) groups is 2. The second kappa shape index (κ2) is 8.34. The van der Waals surface area contributed by atoms with Gasteiger partial charge >= 0.3 is 12.1 Å². The standard InChI is InChI=1S/C19H25NO5/c21-18(25-13-15-4-2-1-3-5-15)17-11-16(12-20(17)19(22)23)10-14-6-8-24-9-7-14/h1-5,14,16-17H,6-13H2,(H,22,23)/t16-,17-/m0/s1. The number of carboxylic acid groups (broad SMARTS) is 1. The zero-order valence-electron chi connectivity index (χ0n) is 14.3. The van der Waals surface area contributed by atoms with Gasteiger partial charge in [-0.2, -0.15) is 0 Å². The van der Waals surface area contributed by atoms with Crippen molar-refractivity contribution in [3.63, 3.8) is 0 Å². The number of benzene rings is 1. The van der Waals surface area contributed by atoms with Crippen molar-refractivity contribution in [3.8, 4) is 0 Å². The molecule has 2 aliphatic heterocycles. The molecule has 0 aliphatic carbocycles. The van der Waals surface area contributed by atoms with E-state index in [2.05, 4.69) is 0 Å². The highest BCUT2D eigenvalue weighted by atomic mass is 16.5. The van der Waals surface area contributed by atoms with Crippen molar-refractivity contribution in [3.05, 3.63) is 35.9 Å². The van der Waals surface area contributed by atoms with Crippen LogP contribution in [0.5, 0.6) is 0 Å². The van der Waals surface area contributed by atoms with Crippen molar-refractivity contribution in [2.24, 2.45) is 11.8 Å². The van der Waals surface area contributed by atoms with E-state index in [1.807, 2.05) is 30.3 Å². The van der Waals surface area contributed by atoms with Crippen LogP contribution in [0.25, 0.3) is 0 Å². The minimum absolute atomic E-state index is 0.175. The summed E-state index contributed by atoms with van der Waals surface area (Å²) >= 11 is 0. The van der Waals surface area contributed by atoms with Gasteiger partial charge in [-0.3, -0.25) is 4.90 Å². The molecule has 3 rings (SSSR count). The lowest BCUT2D eigenvalue weighted by Gasteiger charge is -2.24. The Morgan fingerprint density at radius 2 is 1.88 bits per heavy atom. The zero-order chi connectivity index (χ0) is 17.6. The third-order valence-electron chi connectivity index (χ3n) is 5.14. The Labute approximate surface area is 147 Å². The maximum atomic E-state index is 12.4. The molecule has 1 aromatic rings. The van der Waals surface area contributed by atoms with Gasteiger partial charge in [-0.15, -0.1) is 0 Å². The molecule has 0 saturated carbocycles. The molecule has 25 heavy (non-hydrogen) atoms. The minimum atomic E-state index is -1.05. The predicted molar refractivity (Wildman–Crippen MR) is 91.0 cm³/mol. The molecule has 0 radical (unpaired) electrons. The Hall–Kier alpha value is -2.08. The highest BCUT2D eigenvalue weighted by molar-refractivity contribution is 5.81. The molecule has 0 bridgehead atoms. The van der Waals surface area contributed by atoms with Gasteiger partial charge in [0.2, 0.25) is 0 Å². The maximum Gasteiger partial charge on any atom is 0.408 e. The van der Waals surface area contributed by atoms with Crippen LogP contribution in [0.1, 0.15) is 31.2 Å². The molecule has 1 amide bonds. The second-order valence-electron chi connectivity index (χ2n) is 6.94. The van der Waals surface area contributed by atoms with E-state index in [0.29, 0.717) is 18.9 Å². The number of nitrogens with zero attached hydrogens (tertiary/aromatic N) is 1. The van der Waals surface area contributed by atoms with E-state index >= 15 is 0 Å². The first-order valence-electron chi connectivity index (χ1n) is 8.91. The van der Waals surface area contributed by atoms with Crippen molar-refractivity contribution in [2.75, 3.05) is 19.8 Å². The number of amides is 1. The van der Waals surface area contributed by atoms with Crippen LogP contribution in [0, 0.1) is 11.8 Å². The molecule has 136 valence electrons. The molecule has 2 saturated heterocycles. The number of esters is 1. The van der Waals surface area contributed by atoms with Crippen LogP contribution in [0.4, 0.5) is 4.79 Å². The number of carbonyl (C=O) groups excluding carboxylic acids is 1.